The number of hydrogen-bond acceptors (Lipinski definition) is 4. The third-order valence-corrected chi connectivity index (χ3v) is 6.49. The topological polar surface area (TPSA) is 57.7 Å². The number of aliphatic hydroxyl groups is 1. The number of aromatic nitrogens is 1. The Morgan fingerprint density at radius 1 is 1.42 bits per heavy atom. The Kier molecular flexibility index (Phi) is 3.21. The van der Waals surface area contributed by atoms with Gasteiger partial charge in [0.25, 0.3) is 0 Å². The van der Waals surface area contributed by atoms with E-state index in [1.807, 2.05) is 6.07 Å². The summed E-state index contributed by atoms with van der Waals surface area (Å²) in [6.07, 6.45) is 3.17. The monoisotopic (exact) mass is 328 g/mol. The van der Waals surface area contributed by atoms with E-state index in [1.54, 1.807) is 7.11 Å². The molecule has 2 aromatic rings. The molecule has 5 nitrogen and oxygen atoms in total. The van der Waals surface area contributed by atoms with Gasteiger partial charge < -0.3 is 19.6 Å². The lowest BCUT2D eigenvalue weighted by Crippen LogP contribution is -2.55. The molecular weight excluding hydrogens is 304 g/mol. The van der Waals surface area contributed by atoms with Crippen LogP contribution in [0.15, 0.2) is 18.2 Å². The molecule has 24 heavy (non-hydrogen) atoms. The lowest BCUT2D eigenvalue weighted by Gasteiger charge is -2.51. The highest BCUT2D eigenvalue weighted by atomic mass is 16.5. The Labute approximate surface area is 141 Å². The number of hydrogen-bond donors (Lipinski definition) is 2. The zero-order chi connectivity index (χ0) is 16.3. The predicted octanol–water partition coefficient (Wildman–Crippen LogP) is 2.25. The van der Waals surface area contributed by atoms with Crippen LogP contribution in [-0.4, -0.2) is 54.5 Å². The number of nitrogens with one attached hydrogen (secondary N) is 1. The number of nitrogens with zero attached hydrogens (tertiary/aromatic N) is 1. The smallest absolute Gasteiger partial charge is 0.142 e. The van der Waals surface area contributed by atoms with E-state index in [0.29, 0.717) is 0 Å². The third-order valence-electron chi connectivity index (χ3n) is 6.49. The second kappa shape index (κ2) is 5.22. The first-order chi connectivity index (χ1) is 11.8. The van der Waals surface area contributed by atoms with Crippen molar-refractivity contribution < 1.29 is 14.6 Å². The van der Waals surface area contributed by atoms with Crippen LogP contribution >= 0.6 is 0 Å². The molecule has 0 saturated carbocycles. The van der Waals surface area contributed by atoms with Crippen molar-refractivity contribution in [3.8, 4) is 5.75 Å². The van der Waals surface area contributed by atoms with Crippen LogP contribution in [0, 0.1) is 5.41 Å². The van der Waals surface area contributed by atoms with Gasteiger partial charge in [-0.1, -0.05) is 12.1 Å². The maximum atomic E-state index is 10.3. The van der Waals surface area contributed by atoms with Crippen molar-refractivity contribution in [2.75, 3.05) is 33.4 Å². The van der Waals surface area contributed by atoms with Crippen LogP contribution < -0.4 is 4.74 Å². The van der Waals surface area contributed by atoms with E-state index in [9.17, 15) is 5.11 Å². The number of fused-ring (bicyclic) bond motifs is 7. The normalized spacial score (nSPS) is 32.4. The number of ether oxygens (including phenoxy) is 2. The molecule has 0 radical (unpaired) electrons. The van der Waals surface area contributed by atoms with Gasteiger partial charge in [-0.05, 0) is 30.9 Å². The van der Waals surface area contributed by atoms with Crippen LogP contribution in [0.2, 0.25) is 0 Å². The largest absolute Gasteiger partial charge is 0.495 e. The fourth-order valence-corrected chi connectivity index (χ4v) is 5.35. The highest BCUT2D eigenvalue weighted by Gasteiger charge is 2.56. The minimum Gasteiger partial charge on any atom is -0.495 e. The second-order valence-electron chi connectivity index (χ2n) is 7.38. The van der Waals surface area contributed by atoms with Crippen molar-refractivity contribution >= 4 is 10.9 Å². The summed E-state index contributed by atoms with van der Waals surface area (Å²) < 4.78 is 11.6. The quantitative estimate of drug-likeness (QED) is 0.888. The molecule has 1 aromatic carbocycles. The third kappa shape index (κ3) is 1.75. The maximum absolute atomic E-state index is 10.3. The number of aromatic amines is 1. The van der Waals surface area contributed by atoms with Crippen LogP contribution in [0.3, 0.4) is 0 Å². The first kappa shape index (κ1) is 14.8. The Morgan fingerprint density at radius 3 is 3.17 bits per heavy atom. The van der Waals surface area contributed by atoms with E-state index in [4.69, 9.17) is 9.47 Å². The molecule has 4 heterocycles. The number of methoxy groups -OCH3 is 1. The lowest BCUT2D eigenvalue weighted by atomic mass is 9.68. The van der Waals surface area contributed by atoms with Gasteiger partial charge in [0.1, 0.15) is 5.75 Å². The first-order valence-corrected chi connectivity index (χ1v) is 8.92. The van der Waals surface area contributed by atoms with Gasteiger partial charge in [0.15, 0.2) is 0 Å². The summed E-state index contributed by atoms with van der Waals surface area (Å²) in [5.74, 6) is 0.890. The van der Waals surface area contributed by atoms with Crippen molar-refractivity contribution in [2.24, 2.45) is 5.41 Å². The molecule has 2 saturated heterocycles. The van der Waals surface area contributed by atoms with Gasteiger partial charge >= 0.3 is 0 Å². The molecule has 3 aliphatic heterocycles. The fourth-order valence-electron chi connectivity index (χ4n) is 5.35. The zero-order valence-electron chi connectivity index (χ0n) is 14.0. The lowest BCUT2D eigenvalue weighted by molar-refractivity contribution is -0.0905. The Morgan fingerprint density at radius 2 is 2.33 bits per heavy atom. The van der Waals surface area contributed by atoms with Gasteiger partial charge in [-0.3, -0.25) is 4.90 Å². The number of aliphatic hydroxyl groups excluding tert-OH is 1. The van der Waals surface area contributed by atoms with Crippen LogP contribution in [0.1, 0.15) is 30.1 Å². The van der Waals surface area contributed by atoms with E-state index in [0.717, 1.165) is 50.2 Å². The summed E-state index contributed by atoms with van der Waals surface area (Å²) in [5.41, 5.74) is 3.57. The molecule has 2 fully saturated rings. The molecule has 0 bridgehead atoms. The summed E-state index contributed by atoms with van der Waals surface area (Å²) in [6, 6.07) is 6.46. The highest BCUT2D eigenvalue weighted by molar-refractivity contribution is 5.90. The van der Waals surface area contributed by atoms with Crippen molar-refractivity contribution in [1.82, 2.24) is 9.88 Å². The fraction of sp³-hybridized carbons (Fsp3) is 0.579. The number of H-pyrrole nitrogens is 1. The first-order valence-electron chi connectivity index (χ1n) is 8.92. The standard InChI is InChI=1S/C19H24N2O3/c1-23-14-4-2-3-12-13-5-8-21-9-6-15-19(11-22,7-10-24-15)18(21)17(13)20-16(12)14/h2-4,15,18,20,22H,5-11H2,1H3/t15-,18+,19+/m0/s1. The molecular formula is C19H24N2O3. The number of piperidine rings is 1. The average molecular weight is 328 g/mol. The molecule has 0 unspecified atom stereocenters. The van der Waals surface area contributed by atoms with Gasteiger partial charge in [0.05, 0.1) is 31.4 Å². The Balaban J connectivity index is 1.72. The van der Waals surface area contributed by atoms with Gasteiger partial charge in [-0.25, -0.2) is 0 Å². The summed E-state index contributed by atoms with van der Waals surface area (Å²) in [7, 11) is 1.72. The van der Waals surface area contributed by atoms with Gasteiger partial charge in [0.2, 0.25) is 0 Å². The van der Waals surface area contributed by atoms with E-state index < -0.39 is 0 Å². The minimum absolute atomic E-state index is 0.169. The number of rotatable bonds is 2. The van der Waals surface area contributed by atoms with E-state index in [-0.39, 0.29) is 24.2 Å². The van der Waals surface area contributed by atoms with Crippen LogP contribution in [-0.2, 0) is 11.2 Å². The summed E-state index contributed by atoms with van der Waals surface area (Å²) in [4.78, 5) is 6.22. The molecule has 1 aromatic heterocycles. The molecule has 128 valence electrons. The summed E-state index contributed by atoms with van der Waals surface area (Å²) >= 11 is 0. The second-order valence-corrected chi connectivity index (χ2v) is 7.38. The van der Waals surface area contributed by atoms with Gasteiger partial charge in [-0.2, -0.15) is 0 Å². The summed E-state index contributed by atoms with van der Waals surface area (Å²) in [5, 5.41) is 11.6. The molecule has 3 aliphatic rings. The minimum atomic E-state index is -0.179. The Bertz CT molecular complexity index is 786. The highest BCUT2D eigenvalue weighted by Crippen LogP contribution is 2.55. The Hall–Kier alpha value is -1.56. The number of para-hydroxylation sites is 1. The van der Waals surface area contributed by atoms with Crippen molar-refractivity contribution in [3.05, 3.63) is 29.5 Å². The molecule has 0 amide bonds. The molecule has 5 heteroatoms. The van der Waals surface area contributed by atoms with Crippen LogP contribution in [0.25, 0.3) is 10.9 Å². The van der Waals surface area contributed by atoms with Crippen LogP contribution in [0.4, 0.5) is 0 Å². The zero-order valence-corrected chi connectivity index (χ0v) is 14.0. The van der Waals surface area contributed by atoms with E-state index >= 15 is 0 Å². The molecule has 5 rings (SSSR count). The average Bonchev–Trinajstić information content (AvgIpc) is 3.22. The van der Waals surface area contributed by atoms with E-state index in [2.05, 4.69) is 22.0 Å². The predicted molar refractivity (Wildman–Crippen MR) is 91.4 cm³/mol. The molecule has 3 atom stereocenters. The molecule has 0 spiro atoms. The van der Waals surface area contributed by atoms with Crippen LogP contribution in [0.5, 0.6) is 5.75 Å². The SMILES string of the molecule is COc1cccc2c3c([nH]c12)[C@H]1N(CC3)CC[C@@H]2OCC[C@@]21CO. The van der Waals surface area contributed by atoms with Crippen molar-refractivity contribution in [3.63, 3.8) is 0 Å². The van der Waals surface area contributed by atoms with Gasteiger partial charge in [-0.15, -0.1) is 0 Å². The van der Waals surface area contributed by atoms with Gasteiger partial charge in [0, 0.05) is 36.2 Å². The van der Waals surface area contributed by atoms with Crippen molar-refractivity contribution in [1.29, 1.82) is 0 Å². The maximum Gasteiger partial charge on any atom is 0.142 e. The summed E-state index contributed by atoms with van der Waals surface area (Å²) in [6.45, 7) is 3.04. The molecule has 0 aliphatic carbocycles. The number of benzene rings is 1. The molecule has 2 N–H and O–H groups in total. The van der Waals surface area contributed by atoms with E-state index in [1.165, 1.54) is 16.6 Å². The van der Waals surface area contributed by atoms with Crippen molar-refractivity contribution in [2.45, 2.75) is 31.4 Å².